The zero-order valence-electron chi connectivity index (χ0n) is 18.0. The van der Waals surface area contributed by atoms with E-state index in [1.165, 1.54) is 0 Å². The summed E-state index contributed by atoms with van der Waals surface area (Å²) in [5, 5.41) is 6.76. The van der Waals surface area contributed by atoms with Crippen LogP contribution in [-0.4, -0.2) is 27.2 Å². The lowest BCUT2D eigenvalue weighted by Crippen LogP contribution is -2.29. The molecule has 1 aliphatic carbocycles. The fourth-order valence-corrected chi connectivity index (χ4v) is 5.48. The van der Waals surface area contributed by atoms with E-state index in [9.17, 15) is 9.59 Å². The predicted octanol–water partition coefficient (Wildman–Crippen LogP) is 5.01. The molecule has 1 saturated carbocycles. The van der Waals surface area contributed by atoms with Crippen molar-refractivity contribution in [1.82, 2.24) is 14.8 Å². The number of aromatic nitrogens is 3. The zero-order valence-corrected chi connectivity index (χ0v) is 18.7. The van der Waals surface area contributed by atoms with Crippen LogP contribution in [0.4, 0.5) is 5.69 Å². The van der Waals surface area contributed by atoms with Crippen molar-refractivity contribution in [3.8, 4) is 0 Å². The standard InChI is InChI=1S/C25H23ClN4O2/c1-13-7-17(8-13)30-23-19-9-14(2)18(11-21(19)28-24(31)20(23)12-27-30)25(32)29-6-5-15-10-16(26)3-4-22(15)29/h3-4,9-13,17H,5-8H2,1-2H3,(H,28,31). The van der Waals surface area contributed by atoms with Gasteiger partial charge in [0.25, 0.3) is 11.5 Å². The van der Waals surface area contributed by atoms with Crippen LogP contribution in [0.15, 0.2) is 41.3 Å². The fourth-order valence-electron chi connectivity index (χ4n) is 5.29. The number of nitrogens with one attached hydrogen (secondary N) is 1. The molecule has 2 aliphatic rings. The van der Waals surface area contributed by atoms with Crippen molar-refractivity contribution < 1.29 is 4.79 Å². The molecule has 0 unspecified atom stereocenters. The van der Waals surface area contributed by atoms with Gasteiger partial charge in [-0.25, -0.2) is 0 Å². The molecule has 32 heavy (non-hydrogen) atoms. The number of carbonyl (C=O) groups is 1. The lowest BCUT2D eigenvalue weighted by molar-refractivity contribution is 0.0989. The maximum atomic E-state index is 13.5. The van der Waals surface area contributed by atoms with Crippen molar-refractivity contribution >= 4 is 45.0 Å². The Kier molecular flexibility index (Phi) is 4.24. The SMILES string of the molecule is Cc1cc2c(cc1C(=O)N1CCc3cc(Cl)ccc31)[nH]c(=O)c1cnn(C3CC(C)C3)c12. The molecule has 0 atom stereocenters. The second kappa shape index (κ2) is 6.94. The second-order valence-electron chi connectivity index (χ2n) is 9.23. The van der Waals surface area contributed by atoms with Gasteiger partial charge in [0.05, 0.1) is 28.7 Å². The number of halogens is 1. The maximum absolute atomic E-state index is 13.5. The summed E-state index contributed by atoms with van der Waals surface area (Å²) in [5.74, 6) is 0.615. The Hall–Kier alpha value is -3.12. The number of aromatic amines is 1. The minimum Gasteiger partial charge on any atom is -0.321 e. The molecule has 7 heteroatoms. The smallest absolute Gasteiger partial charge is 0.259 e. The average Bonchev–Trinajstić information content (AvgIpc) is 3.36. The third-order valence-corrected chi connectivity index (χ3v) is 7.25. The number of hydrogen-bond acceptors (Lipinski definition) is 3. The first-order chi connectivity index (χ1) is 15.4. The molecule has 2 aromatic heterocycles. The van der Waals surface area contributed by atoms with E-state index in [0.717, 1.165) is 47.0 Å². The van der Waals surface area contributed by atoms with Crippen LogP contribution in [0.25, 0.3) is 21.8 Å². The van der Waals surface area contributed by atoms with Gasteiger partial charge in [0.2, 0.25) is 0 Å². The molecule has 0 bridgehead atoms. The number of rotatable bonds is 2. The van der Waals surface area contributed by atoms with Gasteiger partial charge in [0, 0.05) is 28.2 Å². The Labute approximate surface area is 189 Å². The molecule has 4 aromatic rings. The first-order valence-electron chi connectivity index (χ1n) is 11.0. The van der Waals surface area contributed by atoms with Crippen LogP contribution < -0.4 is 10.5 Å². The monoisotopic (exact) mass is 446 g/mol. The summed E-state index contributed by atoms with van der Waals surface area (Å²) in [6, 6.07) is 9.80. The summed E-state index contributed by atoms with van der Waals surface area (Å²) in [7, 11) is 0. The van der Waals surface area contributed by atoms with E-state index in [0.29, 0.717) is 40.0 Å². The third kappa shape index (κ3) is 2.82. The first kappa shape index (κ1) is 19.6. The van der Waals surface area contributed by atoms with E-state index in [-0.39, 0.29) is 11.5 Å². The maximum Gasteiger partial charge on any atom is 0.259 e. The van der Waals surface area contributed by atoms with E-state index in [4.69, 9.17) is 11.6 Å². The van der Waals surface area contributed by atoms with Crippen molar-refractivity contribution in [2.75, 3.05) is 11.4 Å². The second-order valence-corrected chi connectivity index (χ2v) is 9.66. The molecular formula is C25H23ClN4O2. The minimum absolute atomic E-state index is 0.0623. The summed E-state index contributed by atoms with van der Waals surface area (Å²) in [4.78, 5) is 31.1. The molecule has 6 nitrogen and oxygen atoms in total. The number of fused-ring (bicyclic) bond motifs is 4. The molecule has 0 saturated heterocycles. The van der Waals surface area contributed by atoms with Gasteiger partial charge >= 0.3 is 0 Å². The van der Waals surface area contributed by atoms with E-state index < -0.39 is 0 Å². The number of nitrogens with zero attached hydrogens (tertiary/aromatic N) is 3. The summed E-state index contributed by atoms with van der Waals surface area (Å²) in [6.07, 6.45) is 4.58. The number of aryl methyl sites for hydroxylation is 1. The number of amides is 1. The predicted molar refractivity (Wildman–Crippen MR) is 127 cm³/mol. The Morgan fingerprint density at radius 2 is 2.00 bits per heavy atom. The van der Waals surface area contributed by atoms with Crippen LogP contribution in [0.3, 0.4) is 0 Å². The average molecular weight is 447 g/mol. The molecule has 1 amide bonds. The highest BCUT2D eigenvalue weighted by atomic mass is 35.5. The van der Waals surface area contributed by atoms with Crippen molar-refractivity contribution in [2.24, 2.45) is 5.92 Å². The van der Waals surface area contributed by atoms with Gasteiger partial charge in [-0.1, -0.05) is 18.5 Å². The van der Waals surface area contributed by atoms with Crippen molar-refractivity contribution in [3.05, 3.63) is 68.6 Å². The first-order valence-corrected chi connectivity index (χ1v) is 11.4. The van der Waals surface area contributed by atoms with Crippen LogP contribution in [0.1, 0.15) is 47.3 Å². The molecule has 0 spiro atoms. The van der Waals surface area contributed by atoms with E-state index in [2.05, 4.69) is 17.0 Å². The fraction of sp³-hybridized carbons (Fsp3) is 0.320. The van der Waals surface area contributed by atoms with Crippen molar-refractivity contribution in [2.45, 2.75) is 39.2 Å². The number of H-pyrrole nitrogens is 1. The van der Waals surface area contributed by atoms with Gasteiger partial charge in [-0.05, 0) is 73.6 Å². The van der Waals surface area contributed by atoms with Crippen LogP contribution in [0.5, 0.6) is 0 Å². The number of pyridine rings is 1. The normalized spacial score (nSPS) is 20.0. The molecule has 162 valence electrons. The lowest BCUT2D eigenvalue weighted by Gasteiger charge is -2.33. The molecule has 0 radical (unpaired) electrons. The Morgan fingerprint density at radius 3 is 2.78 bits per heavy atom. The summed E-state index contributed by atoms with van der Waals surface area (Å²) < 4.78 is 2.01. The van der Waals surface area contributed by atoms with E-state index in [1.54, 1.807) is 11.1 Å². The molecule has 1 fully saturated rings. The van der Waals surface area contributed by atoms with Gasteiger partial charge in [-0.3, -0.25) is 14.3 Å². The van der Waals surface area contributed by atoms with E-state index in [1.807, 2.05) is 41.9 Å². The van der Waals surface area contributed by atoms with Crippen LogP contribution in [-0.2, 0) is 6.42 Å². The largest absolute Gasteiger partial charge is 0.321 e. The van der Waals surface area contributed by atoms with Gasteiger partial charge in [-0.2, -0.15) is 5.10 Å². The van der Waals surface area contributed by atoms with Crippen molar-refractivity contribution in [3.63, 3.8) is 0 Å². The highest BCUT2D eigenvalue weighted by Crippen LogP contribution is 2.39. The summed E-state index contributed by atoms with van der Waals surface area (Å²) in [6.45, 7) is 4.81. The molecule has 1 N–H and O–H groups in total. The summed E-state index contributed by atoms with van der Waals surface area (Å²) in [5.41, 5.74) is 4.82. The van der Waals surface area contributed by atoms with Crippen LogP contribution in [0, 0.1) is 12.8 Å². The number of anilines is 1. The molecule has 3 heterocycles. The Bertz CT molecular complexity index is 1480. The van der Waals surface area contributed by atoms with Crippen molar-refractivity contribution in [1.29, 1.82) is 0 Å². The zero-order chi connectivity index (χ0) is 22.1. The van der Waals surface area contributed by atoms with Gasteiger partial charge in [-0.15, -0.1) is 0 Å². The minimum atomic E-state index is -0.172. The molecular weight excluding hydrogens is 424 g/mol. The number of benzene rings is 2. The van der Waals surface area contributed by atoms with Gasteiger partial charge < -0.3 is 9.88 Å². The van der Waals surface area contributed by atoms with Crippen LogP contribution in [0.2, 0.25) is 5.02 Å². The van der Waals surface area contributed by atoms with E-state index >= 15 is 0 Å². The highest BCUT2D eigenvalue weighted by Gasteiger charge is 2.30. The van der Waals surface area contributed by atoms with Crippen LogP contribution >= 0.6 is 11.6 Å². The molecule has 1 aliphatic heterocycles. The third-order valence-electron chi connectivity index (χ3n) is 7.02. The summed E-state index contributed by atoms with van der Waals surface area (Å²) >= 11 is 6.12. The molecule has 2 aromatic carbocycles. The number of carbonyl (C=O) groups excluding carboxylic acids is 1. The molecule has 6 rings (SSSR count). The quantitative estimate of drug-likeness (QED) is 0.470. The number of hydrogen-bond donors (Lipinski definition) is 1. The van der Waals surface area contributed by atoms with Gasteiger partial charge in [0.15, 0.2) is 0 Å². The lowest BCUT2D eigenvalue weighted by atomic mass is 9.82. The topological polar surface area (TPSA) is 71.0 Å². The Balaban J connectivity index is 1.48. The van der Waals surface area contributed by atoms with Gasteiger partial charge in [0.1, 0.15) is 0 Å². The highest BCUT2D eigenvalue weighted by molar-refractivity contribution is 6.30. The Morgan fingerprint density at radius 1 is 1.19 bits per heavy atom.